The molecule has 0 saturated heterocycles. The molecular formula is C17H21N. The summed E-state index contributed by atoms with van der Waals surface area (Å²) >= 11 is 0. The van der Waals surface area contributed by atoms with Gasteiger partial charge in [-0.3, -0.25) is 0 Å². The van der Waals surface area contributed by atoms with Crippen LogP contribution < -0.4 is 5.32 Å². The van der Waals surface area contributed by atoms with E-state index in [9.17, 15) is 0 Å². The van der Waals surface area contributed by atoms with Gasteiger partial charge in [0.15, 0.2) is 0 Å². The Morgan fingerprint density at radius 1 is 0.833 bits per heavy atom. The second-order valence-electron chi connectivity index (χ2n) is 4.89. The largest absolute Gasteiger partial charge is 0.307 e. The molecule has 2 atom stereocenters. The third-order valence-electron chi connectivity index (χ3n) is 3.22. The van der Waals surface area contributed by atoms with Gasteiger partial charge in [0, 0.05) is 12.1 Å². The third-order valence-corrected chi connectivity index (χ3v) is 3.22. The van der Waals surface area contributed by atoms with Gasteiger partial charge in [-0.1, -0.05) is 60.7 Å². The Kier molecular flexibility index (Phi) is 4.54. The van der Waals surface area contributed by atoms with Crippen LogP contribution in [0.2, 0.25) is 0 Å². The average Bonchev–Trinajstić information content (AvgIpc) is 2.40. The van der Waals surface area contributed by atoms with Gasteiger partial charge in [-0.2, -0.15) is 0 Å². The van der Waals surface area contributed by atoms with Gasteiger partial charge in [0.25, 0.3) is 0 Å². The summed E-state index contributed by atoms with van der Waals surface area (Å²) in [5.74, 6) is 0. The van der Waals surface area contributed by atoms with Crippen molar-refractivity contribution < 1.29 is 0 Å². The third kappa shape index (κ3) is 3.71. The fourth-order valence-corrected chi connectivity index (χ4v) is 2.29. The second-order valence-corrected chi connectivity index (χ2v) is 4.89. The van der Waals surface area contributed by atoms with Crippen LogP contribution in [0.5, 0.6) is 0 Å². The Labute approximate surface area is 110 Å². The zero-order chi connectivity index (χ0) is 12.8. The zero-order valence-electron chi connectivity index (χ0n) is 11.1. The predicted octanol–water partition coefficient (Wildman–Crippen LogP) is 3.97. The average molecular weight is 239 g/mol. The summed E-state index contributed by atoms with van der Waals surface area (Å²) in [5.41, 5.74) is 2.73. The first-order valence-corrected chi connectivity index (χ1v) is 6.60. The molecule has 0 unspecified atom stereocenters. The van der Waals surface area contributed by atoms with E-state index in [2.05, 4.69) is 79.8 Å². The van der Waals surface area contributed by atoms with E-state index in [-0.39, 0.29) is 0 Å². The van der Waals surface area contributed by atoms with E-state index in [1.165, 1.54) is 11.1 Å². The van der Waals surface area contributed by atoms with E-state index < -0.39 is 0 Å². The van der Waals surface area contributed by atoms with Crippen molar-refractivity contribution in [2.75, 3.05) is 0 Å². The lowest BCUT2D eigenvalue weighted by Gasteiger charge is -2.20. The molecule has 2 aromatic carbocycles. The first-order chi connectivity index (χ1) is 8.75. The Morgan fingerprint density at radius 2 is 1.39 bits per heavy atom. The highest BCUT2D eigenvalue weighted by Crippen LogP contribution is 2.13. The van der Waals surface area contributed by atoms with E-state index in [4.69, 9.17) is 0 Å². The first-order valence-electron chi connectivity index (χ1n) is 6.60. The van der Waals surface area contributed by atoms with Crippen LogP contribution in [0.15, 0.2) is 60.7 Å². The maximum absolute atomic E-state index is 3.64. The molecule has 1 N–H and O–H groups in total. The van der Waals surface area contributed by atoms with Gasteiger partial charge >= 0.3 is 0 Å². The van der Waals surface area contributed by atoms with Crippen LogP contribution in [0, 0.1) is 0 Å². The van der Waals surface area contributed by atoms with Crippen molar-refractivity contribution in [2.45, 2.75) is 32.4 Å². The van der Waals surface area contributed by atoms with Gasteiger partial charge < -0.3 is 5.32 Å². The van der Waals surface area contributed by atoms with Crippen molar-refractivity contribution in [2.24, 2.45) is 0 Å². The van der Waals surface area contributed by atoms with Crippen molar-refractivity contribution in [1.82, 2.24) is 5.32 Å². The molecule has 0 aromatic heterocycles. The number of rotatable bonds is 5. The van der Waals surface area contributed by atoms with Gasteiger partial charge in [0.1, 0.15) is 0 Å². The molecule has 0 radical (unpaired) electrons. The van der Waals surface area contributed by atoms with Crippen molar-refractivity contribution >= 4 is 0 Å². The Hall–Kier alpha value is -1.60. The fraction of sp³-hybridized carbons (Fsp3) is 0.294. The van der Waals surface area contributed by atoms with Crippen LogP contribution in [0.4, 0.5) is 0 Å². The van der Waals surface area contributed by atoms with Gasteiger partial charge in [-0.25, -0.2) is 0 Å². The van der Waals surface area contributed by atoms with Crippen molar-refractivity contribution in [3.8, 4) is 0 Å². The number of hydrogen-bond donors (Lipinski definition) is 1. The first kappa shape index (κ1) is 12.8. The molecule has 1 nitrogen and oxygen atoms in total. The molecule has 2 rings (SSSR count). The summed E-state index contributed by atoms with van der Waals surface area (Å²) in [5, 5.41) is 3.64. The molecule has 0 aliphatic heterocycles. The molecule has 0 saturated carbocycles. The molecule has 0 aliphatic rings. The van der Waals surface area contributed by atoms with Crippen LogP contribution in [-0.2, 0) is 6.42 Å². The monoisotopic (exact) mass is 239 g/mol. The molecule has 0 spiro atoms. The topological polar surface area (TPSA) is 12.0 Å². The molecule has 0 amide bonds. The summed E-state index contributed by atoms with van der Waals surface area (Å²) in [6.07, 6.45) is 1.07. The SMILES string of the molecule is C[C@H](Cc1ccccc1)N[C@@H](C)c1ccccc1. The summed E-state index contributed by atoms with van der Waals surface area (Å²) in [6.45, 7) is 4.46. The highest BCUT2D eigenvalue weighted by molar-refractivity contribution is 5.19. The van der Waals surface area contributed by atoms with E-state index in [0.717, 1.165) is 6.42 Å². The molecule has 0 heterocycles. The second kappa shape index (κ2) is 6.36. The maximum atomic E-state index is 3.64. The Bertz CT molecular complexity index is 450. The molecule has 18 heavy (non-hydrogen) atoms. The molecule has 1 heteroatoms. The molecule has 0 fully saturated rings. The lowest BCUT2D eigenvalue weighted by molar-refractivity contribution is 0.477. The van der Waals surface area contributed by atoms with Crippen LogP contribution in [0.3, 0.4) is 0 Å². The maximum Gasteiger partial charge on any atom is 0.0294 e. The molecule has 94 valence electrons. The summed E-state index contributed by atoms with van der Waals surface area (Å²) < 4.78 is 0. The lowest BCUT2D eigenvalue weighted by Crippen LogP contribution is -2.30. The van der Waals surface area contributed by atoms with E-state index in [0.29, 0.717) is 12.1 Å². The van der Waals surface area contributed by atoms with E-state index in [1.807, 2.05) is 0 Å². The minimum atomic E-state index is 0.393. The van der Waals surface area contributed by atoms with Gasteiger partial charge in [-0.15, -0.1) is 0 Å². The van der Waals surface area contributed by atoms with Crippen LogP contribution in [0.25, 0.3) is 0 Å². The van der Waals surface area contributed by atoms with Crippen molar-refractivity contribution in [1.29, 1.82) is 0 Å². The number of nitrogens with one attached hydrogen (secondary N) is 1. The number of hydrogen-bond acceptors (Lipinski definition) is 1. The van der Waals surface area contributed by atoms with Crippen molar-refractivity contribution in [3.05, 3.63) is 71.8 Å². The van der Waals surface area contributed by atoms with Gasteiger partial charge in [0.05, 0.1) is 0 Å². The Balaban J connectivity index is 1.90. The van der Waals surface area contributed by atoms with Gasteiger partial charge in [-0.05, 0) is 31.4 Å². The minimum absolute atomic E-state index is 0.393. The molecule has 0 bridgehead atoms. The smallest absolute Gasteiger partial charge is 0.0294 e. The Morgan fingerprint density at radius 3 is 2.00 bits per heavy atom. The van der Waals surface area contributed by atoms with E-state index >= 15 is 0 Å². The van der Waals surface area contributed by atoms with Crippen LogP contribution >= 0.6 is 0 Å². The quantitative estimate of drug-likeness (QED) is 0.832. The van der Waals surface area contributed by atoms with Crippen LogP contribution in [-0.4, -0.2) is 6.04 Å². The standard InChI is InChI=1S/C17H21N/c1-14(13-16-9-5-3-6-10-16)18-15(2)17-11-7-4-8-12-17/h3-12,14-15,18H,13H2,1-2H3/t14-,15+/m1/s1. The van der Waals surface area contributed by atoms with E-state index in [1.54, 1.807) is 0 Å². The normalized spacial score (nSPS) is 14.1. The highest BCUT2D eigenvalue weighted by atomic mass is 14.9. The van der Waals surface area contributed by atoms with Crippen molar-refractivity contribution in [3.63, 3.8) is 0 Å². The summed E-state index contributed by atoms with van der Waals surface area (Å²) in [7, 11) is 0. The zero-order valence-corrected chi connectivity index (χ0v) is 11.1. The fourth-order valence-electron chi connectivity index (χ4n) is 2.29. The van der Waals surface area contributed by atoms with Gasteiger partial charge in [0.2, 0.25) is 0 Å². The summed E-state index contributed by atoms with van der Waals surface area (Å²) in [4.78, 5) is 0. The highest BCUT2D eigenvalue weighted by Gasteiger charge is 2.09. The predicted molar refractivity (Wildman–Crippen MR) is 77.6 cm³/mol. The summed E-state index contributed by atoms with van der Waals surface area (Å²) in [6, 6.07) is 22.1. The molecule has 2 aromatic rings. The minimum Gasteiger partial charge on any atom is -0.307 e. The van der Waals surface area contributed by atoms with Crippen LogP contribution in [0.1, 0.15) is 31.0 Å². The lowest BCUT2D eigenvalue weighted by atomic mass is 10.0. The molecular weight excluding hydrogens is 218 g/mol. The number of benzene rings is 2. The molecule has 0 aliphatic carbocycles.